The number of benzene rings is 2. The quantitative estimate of drug-likeness (QED) is 0.780. The van der Waals surface area contributed by atoms with Crippen molar-refractivity contribution in [1.82, 2.24) is 15.5 Å². The van der Waals surface area contributed by atoms with Gasteiger partial charge >= 0.3 is 6.03 Å². The number of amides is 2. The first-order valence-corrected chi connectivity index (χ1v) is 8.57. The highest BCUT2D eigenvalue weighted by molar-refractivity contribution is 5.73. The third-order valence-corrected chi connectivity index (χ3v) is 4.14. The Hall–Kier alpha value is -2.33. The van der Waals surface area contributed by atoms with Crippen LogP contribution in [0.25, 0.3) is 0 Å². The molecule has 0 unspecified atom stereocenters. The van der Waals surface area contributed by atoms with E-state index < -0.39 is 0 Å². The Bertz CT molecular complexity index is 624. The number of urea groups is 1. The lowest BCUT2D eigenvalue weighted by Crippen LogP contribution is -2.35. The van der Waals surface area contributed by atoms with Crippen molar-refractivity contribution in [2.75, 3.05) is 13.1 Å². The fourth-order valence-corrected chi connectivity index (χ4v) is 2.59. The van der Waals surface area contributed by atoms with E-state index in [9.17, 15) is 4.79 Å². The highest BCUT2D eigenvalue weighted by Gasteiger charge is 2.07. The molecule has 2 rings (SSSR count). The number of nitrogens with zero attached hydrogens (tertiary/aromatic N) is 1. The molecule has 24 heavy (non-hydrogen) atoms. The van der Waals surface area contributed by atoms with Crippen LogP contribution in [0.4, 0.5) is 4.79 Å². The first-order chi connectivity index (χ1) is 11.7. The third-order valence-electron chi connectivity index (χ3n) is 4.14. The summed E-state index contributed by atoms with van der Waals surface area (Å²) in [5.74, 6) is 0. The second-order valence-electron chi connectivity index (χ2n) is 5.75. The number of nitrogens with one attached hydrogen (secondary N) is 2. The lowest BCUT2D eigenvalue weighted by molar-refractivity contribution is 0.240. The number of rotatable bonds is 8. The van der Waals surface area contributed by atoms with Gasteiger partial charge in [0.25, 0.3) is 0 Å². The molecule has 4 nitrogen and oxygen atoms in total. The van der Waals surface area contributed by atoms with Crippen LogP contribution in [0.2, 0.25) is 0 Å². The molecule has 0 aliphatic rings. The largest absolute Gasteiger partial charge is 0.334 e. The average Bonchev–Trinajstić information content (AvgIpc) is 2.64. The molecule has 0 spiro atoms. The van der Waals surface area contributed by atoms with Gasteiger partial charge in [-0.15, -0.1) is 0 Å². The van der Waals surface area contributed by atoms with E-state index in [1.807, 2.05) is 36.4 Å². The number of hydrogen-bond donors (Lipinski definition) is 2. The van der Waals surface area contributed by atoms with Crippen molar-refractivity contribution in [2.45, 2.75) is 33.5 Å². The molecule has 4 heteroatoms. The van der Waals surface area contributed by atoms with E-state index in [4.69, 9.17) is 0 Å². The van der Waals surface area contributed by atoms with E-state index in [2.05, 4.69) is 47.6 Å². The summed E-state index contributed by atoms with van der Waals surface area (Å²) in [7, 11) is 0. The summed E-state index contributed by atoms with van der Waals surface area (Å²) in [6.07, 6.45) is 0. The van der Waals surface area contributed by atoms with Crippen LogP contribution in [0.5, 0.6) is 0 Å². The van der Waals surface area contributed by atoms with Crippen LogP contribution in [0.3, 0.4) is 0 Å². The molecule has 128 valence electrons. The Morgan fingerprint density at radius 2 is 1.42 bits per heavy atom. The van der Waals surface area contributed by atoms with Crippen LogP contribution >= 0.6 is 0 Å². The molecule has 0 aliphatic carbocycles. The van der Waals surface area contributed by atoms with E-state index in [-0.39, 0.29) is 6.03 Å². The fraction of sp³-hybridized carbons (Fsp3) is 0.350. The van der Waals surface area contributed by atoms with Gasteiger partial charge in [0.1, 0.15) is 0 Å². The minimum absolute atomic E-state index is 0.142. The first-order valence-electron chi connectivity index (χ1n) is 8.57. The van der Waals surface area contributed by atoms with Crippen molar-refractivity contribution < 1.29 is 4.79 Å². The Morgan fingerprint density at radius 1 is 0.833 bits per heavy atom. The predicted octanol–water partition coefficient (Wildman–Crippen LogP) is 3.53. The third kappa shape index (κ3) is 5.70. The first kappa shape index (κ1) is 18.0. The predicted molar refractivity (Wildman–Crippen MR) is 98.6 cm³/mol. The molecule has 0 fully saturated rings. The lowest BCUT2D eigenvalue weighted by atomic mass is 10.1. The van der Waals surface area contributed by atoms with Gasteiger partial charge < -0.3 is 10.6 Å². The number of hydrogen-bond acceptors (Lipinski definition) is 2. The summed E-state index contributed by atoms with van der Waals surface area (Å²) >= 11 is 0. The van der Waals surface area contributed by atoms with Gasteiger partial charge in [0, 0.05) is 19.6 Å². The topological polar surface area (TPSA) is 44.4 Å². The van der Waals surface area contributed by atoms with Gasteiger partial charge in [0.05, 0.1) is 0 Å². The average molecular weight is 325 g/mol. The summed E-state index contributed by atoms with van der Waals surface area (Å²) in [4.78, 5) is 14.4. The van der Waals surface area contributed by atoms with E-state index in [1.165, 1.54) is 11.1 Å². The molecule has 0 aliphatic heterocycles. The van der Waals surface area contributed by atoms with Crippen molar-refractivity contribution in [1.29, 1.82) is 0 Å². The minimum Gasteiger partial charge on any atom is -0.334 e. The zero-order valence-electron chi connectivity index (χ0n) is 14.6. The summed E-state index contributed by atoms with van der Waals surface area (Å²) < 4.78 is 0. The van der Waals surface area contributed by atoms with E-state index >= 15 is 0 Å². The molecule has 2 N–H and O–H groups in total. The van der Waals surface area contributed by atoms with E-state index in [1.54, 1.807) is 0 Å². The standard InChI is InChI=1S/C20H27N3O/c1-3-23(4-2)16-19-13-9-8-12-18(19)15-22-20(24)21-14-17-10-6-5-7-11-17/h5-13H,3-4,14-16H2,1-2H3,(H2,21,22,24). The van der Waals surface area contributed by atoms with Gasteiger partial charge in [-0.3, -0.25) is 4.90 Å². The van der Waals surface area contributed by atoms with Crippen LogP contribution in [0.15, 0.2) is 54.6 Å². The Kier molecular flexibility index (Phi) is 7.30. The van der Waals surface area contributed by atoms with Gasteiger partial charge in [-0.25, -0.2) is 4.79 Å². The summed E-state index contributed by atoms with van der Waals surface area (Å²) in [5, 5.41) is 5.84. The van der Waals surface area contributed by atoms with Gasteiger partial charge in [-0.1, -0.05) is 68.4 Å². The monoisotopic (exact) mass is 325 g/mol. The van der Waals surface area contributed by atoms with Crippen LogP contribution in [0.1, 0.15) is 30.5 Å². The van der Waals surface area contributed by atoms with Crippen molar-refractivity contribution in [3.8, 4) is 0 Å². The number of carbonyl (C=O) groups is 1. The minimum atomic E-state index is -0.142. The maximum absolute atomic E-state index is 12.0. The molecule has 0 radical (unpaired) electrons. The van der Waals surface area contributed by atoms with Gasteiger partial charge in [-0.2, -0.15) is 0 Å². The molecule has 0 heterocycles. The van der Waals surface area contributed by atoms with Crippen LogP contribution in [0, 0.1) is 0 Å². The Labute approximate surface area is 144 Å². The molecule has 0 bridgehead atoms. The molecule has 2 amide bonds. The highest BCUT2D eigenvalue weighted by atomic mass is 16.2. The lowest BCUT2D eigenvalue weighted by Gasteiger charge is -2.20. The summed E-state index contributed by atoms with van der Waals surface area (Å²) in [6.45, 7) is 8.37. The van der Waals surface area contributed by atoms with Gasteiger partial charge in [0.2, 0.25) is 0 Å². The smallest absolute Gasteiger partial charge is 0.315 e. The van der Waals surface area contributed by atoms with Crippen molar-refractivity contribution >= 4 is 6.03 Å². The second-order valence-corrected chi connectivity index (χ2v) is 5.75. The molecular formula is C20H27N3O. The number of carbonyl (C=O) groups excluding carboxylic acids is 1. The van der Waals surface area contributed by atoms with Crippen LogP contribution in [-0.2, 0) is 19.6 Å². The maximum Gasteiger partial charge on any atom is 0.315 e. The SMILES string of the molecule is CCN(CC)Cc1ccccc1CNC(=O)NCc1ccccc1. The molecule has 2 aromatic rings. The van der Waals surface area contributed by atoms with Crippen molar-refractivity contribution in [3.63, 3.8) is 0 Å². The molecule has 0 saturated carbocycles. The normalized spacial score (nSPS) is 10.6. The van der Waals surface area contributed by atoms with Crippen molar-refractivity contribution in [2.24, 2.45) is 0 Å². The van der Waals surface area contributed by atoms with E-state index in [0.717, 1.165) is 25.2 Å². The zero-order chi connectivity index (χ0) is 17.2. The Morgan fingerprint density at radius 3 is 2.08 bits per heavy atom. The summed E-state index contributed by atoms with van der Waals surface area (Å²) in [5.41, 5.74) is 3.53. The van der Waals surface area contributed by atoms with Gasteiger partial charge in [0.15, 0.2) is 0 Å². The van der Waals surface area contributed by atoms with Crippen LogP contribution < -0.4 is 10.6 Å². The molecule has 2 aromatic carbocycles. The van der Waals surface area contributed by atoms with Crippen molar-refractivity contribution in [3.05, 3.63) is 71.3 Å². The van der Waals surface area contributed by atoms with Crippen LogP contribution in [-0.4, -0.2) is 24.0 Å². The maximum atomic E-state index is 12.0. The Balaban J connectivity index is 1.86. The fourth-order valence-electron chi connectivity index (χ4n) is 2.59. The highest BCUT2D eigenvalue weighted by Crippen LogP contribution is 2.11. The molecule has 0 aromatic heterocycles. The molecular weight excluding hydrogens is 298 g/mol. The zero-order valence-corrected chi connectivity index (χ0v) is 14.6. The second kappa shape index (κ2) is 9.73. The molecule has 0 atom stereocenters. The summed E-state index contributed by atoms with van der Waals surface area (Å²) in [6, 6.07) is 18.1. The van der Waals surface area contributed by atoms with Gasteiger partial charge in [-0.05, 0) is 29.8 Å². The molecule has 0 saturated heterocycles. The van der Waals surface area contributed by atoms with E-state index in [0.29, 0.717) is 13.1 Å².